The molecule has 0 unspecified atom stereocenters. The van der Waals surface area contributed by atoms with Crippen molar-refractivity contribution in [2.24, 2.45) is 0 Å². The van der Waals surface area contributed by atoms with Crippen LogP contribution in [0.2, 0.25) is 5.15 Å². The van der Waals surface area contributed by atoms with Crippen LogP contribution in [0.25, 0.3) is 0 Å². The van der Waals surface area contributed by atoms with E-state index in [0.29, 0.717) is 0 Å². The molecule has 4 nitrogen and oxygen atoms in total. The molecule has 0 aliphatic heterocycles. The second kappa shape index (κ2) is 5.14. The Bertz CT molecular complexity index is 597. The normalized spacial score (nSPS) is 11.6. The van der Waals surface area contributed by atoms with Gasteiger partial charge in [0.15, 0.2) is 0 Å². The minimum Gasteiger partial charge on any atom is -0.243 e. The third-order valence-corrected chi connectivity index (χ3v) is 4.64. The Morgan fingerprint density at radius 2 is 2.24 bits per heavy atom. The number of pyridine rings is 1. The van der Waals surface area contributed by atoms with Crippen LogP contribution in [0, 0.1) is 0 Å². The lowest BCUT2D eigenvalue weighted by atomic mass is 10.4. The summed E-state index contributed by atoms with van der Waals surface area (Å²) in [7, 11) is -3.61. The molecule has 0 spiro atoms. The molecule has 0 saturated heterocycles. The van der Waals surface area contributed by atoms with Crippen LogP contribution in [-0.4, -0.2) is 13.4 Å². The third-order valence-electron chi connectivity index (χ3n) is 2.06. The zero-order valence-corrected chi connectivity index (χ0v) is 11.0. The predicted molar refractivity (Wildman–Crippen MR) is 67.6 cm³/mol. The average Bonchev–Trinajstić information content (AvgIpc) is 2.80. The van der Waals surface area contributed by atoms with Gasteiger partial charge >= 0.3 is 0 Å². The molecular weight excluding hydrogens is 280 g/mol. The van der Waals surface area contributed by atoms with Crippen molar-refractivity contribution in [1.29, 1.82) is 0 Å². The second-order valence-corrected chi connectivity index (χ2v) is 6.12. The third kappa shape index (κ3) is 3.04. The molecule has 90 valence electrons. The van der Waals surface area contributed by atoms with Crippen molar-refractivity contribution in [3.8, 4) is 0 Å². The lowest BCUT2D eigenvalue weighted by Crippen LogP contribution is -2.23. The molecule has 2 heterocycles. The lowest BCUT2D eigenvalue weighted by Gasteiger charge is -2.06. The number of nitrogens with zero attached hydrogens (tertiary/aromatic N) is 1. The summed E-state index contributed by atoms with van der Waals surface area (Å²) in [5, 5.41) is 3.75. The fraction of sp³-hybridized carbons (Fsp3) is 0.100. The first-order chi connectivity index (χ1) is 8.09. The van der Waals surface area contributed by atoms with Crippen LogP contribution in [0.5, 0.6) is 0 Å². The highest BCUT2D eigenvalue weighted by atomic mass is 35.5. The van der Waals surface area contributed by atoms with Gasteiger partial charge in [0.2, 0.25) is 10.0 Å². The van der Waals surface area contributed by atoms with E-state index >= 15 is 0 Å². The molecule has 2 aromatic heterocycles. The second-order valence-electron chi connectivity index (χ2n) is 3.25. The molecule has 0 radical (unpaired) electrons. The monoisotopic (exact) mass is 288 g/mol. The van der Waals surface area contributed by atoms with Crippen molar-refractivity contribution >= 4 is 33.0 Å². The highest BCUT2D eigenvalue weighted by Gasteiger charge is 2.17. The van der Waals surface area contributed by atoms with E-state index < -0.39 is 10.0 Å². The summed E-state index contributed by atoms with van der Waals surface area (Å²) >= 11 is 7.26. The van der Waals surface area contributed by atoms with Crippen LogP contribution >= 0.6 is 22.9 Å². The van der Waals surface area contributed by atoms with Gasteiger partial charge < -0.3 is 0 Å². The van der Waals surface area contributed by atoms with Gasteiger partial charge in [-0.25, -0.2) is 18.1 Å². The Morgan fingerprint density at radius 3 is 2.88 bits per heavy atom. The minimum absolute atomic E-state index is 0.00287. The van der Waals surface area contributed by atoms with E-state index in [1.54, 1.807) is 0 Å². The largest absolute Gasteiger partial charge is 0.243 e. The van der Waals surface area contributed by atoms with Crippen LogP contribution in [-0.2, 0) is 16.6 Å². The molecule has 17 heavy (non-hydrogen) atoms. The Kier molecular flexibility index (Phi) is 3.78. The molecule has 0 fully saturated rings. The van der Waals surface area contributed by atoms with Crippen molar-refractivity contribution in [2.45, 2.75) is 11.4 Å². The molecular formula is C10H9ClN2O2S2. The Labute approximate surface area is 108 Å². The SMILES string of the molecule is O=S(=O)(NCc1ccsc1)c1cccnc1Cl. The number of aromatic nitrogens is 1. The zero-order valence-electron chi connectivity index (χ0n) is 8.63. The Balaban J connectivity index is 2.17. The number of thiophene rings is 1. The molecule has 1 N–H and O–H groups in total. The number of hydrogen-bond donors (Lipinski definition) is 1. The van der Waals surface area contributed by atoms with E-state index in [0.717, 1.165) is 5.56 Å². The molecule has 0 amide bonds. The maximum Gasteiger partial charge on any atom is 0.243 e. The number of sulfonamides is 1. The van der Waals surface area contributed by atoms with E-state index in [1.165, 1.54) is 29.7 Å². The number of hydrogen-bond acceptors (Lipinski definition) is 4. The van der Waals surface area contributed by atoms with Crippen molar-refractivity contribution in [3.63, 3.8) is 0 Å². The van der Waals surface area contributed by atoms with Gasteiger partial charge in [-0.15, -0.1) is 0 Å². The van der Waals surface area contributed by atoms with E-state index in [9.17, 15) is 8.42 Å². The van der Waals surface area contributed by atoms with Gasteiger partial charge in [0, 0.05) is 12.7 Å². The molecule has 0 aliphatic rings. The van der Waals surface area contributed by atoms with E-state index in [1.807, 2.05) is 16.8 Å². The van der Waals surface area contributed by atoms with E-state index in [4.69, 9.17) is 11.6 Å². The Hall–Kier alpha value is -0.950. The first-order valence-corrected chi connectivity index (χ1v) is 7.51. The average molecular weight is 289 g/mol. The molecule has 0 atom stereocenters. The molecule has 0 bridgehead atoms. The summed E-state index contributed by atoms with van der Waals surface area (Å²) in [5.41, 5.74) is 0.915. The fourth-order valence-electron chi connectivity index (χ4n) is 1.22. The van der Waals surface area contributed by atoms with E-state index in [-0.39, 0.29) is 16.6 Å². The Morgan fingerprint density at radius 1 is 1.41 bits per heavy atom. The predicted octanol–water partition coefficient (Wildman–Crippen LogP) is 2.28. The van der Waals surface area contributed by atoms with Gasteiger partial charge in [0.1, 0.15) is 10.0 Å². The van der Waals surface area contributed by atoms with Crippen LogP contribution in [0.4, 0.5) is 0 Å². The first-order valence-electron chi connectivity index (χ1n) is 4.71. The summed E-state index contributed by atoms with van der Waals surface area (Å²) in [5.74, 6) is 0. The number of rotatable bonds is 4. The van der Waals surface area contributed by atoms with Gasteiger partial charge in [-0.1, -0.05) is 11.6 Å². The van der Waals surface area contributed by atoms with Crippen molar-refractivity contribution in [1.82, 2.24) is 9.71 Å². The van der Waals surface area contributed by atoms with Crippen LogP contribution in [0.3, 0.4) is 0 Å². The summed E-state index contributed by atoms with van der Waals surface area (Å²) in [4.78, 5) is 3.74. The minimum atomic E-state index is -3.61. The molecule has 7 heteroatoms. The molecule has 2 rings (SSSR count). The van der Waals surface area contributed by atoms with Crippen LogP contribution < -0.4 is 4.72 Å². The van der Waals surface area contributed by atoms with Crippen LogP contribution in [0.1, 0.15) is 5.56 Å². The first kappa shape index (κ1) is 12.5. The topological polar surface area (TPSA) is 59.1 Å². The van der Waals surface area contributed by atoms with Gasteiger partial charge in [-0.2, -0.15) is 11.3 Å². The number of nitrogens with one attached hydrogen (secondary N) is 1. The summed E-state index contributed by atoms with van der Waals surface area (Å²) in [6.07, 6.45) is 1.44. The molecule has 0 saturated carbocycles. The van der Waals surface area contributed by atoms with Gasteiger partial charge in [0.25, 0.3) is 0 Å². The molecule has 2 aromatic rings. The molecule has 0 aromatic carbocycles. The number of halogens is 1. The molecule has 0 aliphatic carbocycles. The highest BCUT2D eigenvalue weighted by Crippen LogP contribution is 2.18. The quantitative estimate of drug-likeness (QED) is 0.878. The smallest absolute Gasteiger partial charge is 0.243 e. The lowest BCUT2D eigenvalue weighted by molar-refractivity contribution is 0.581. The van der Waals surface area contributed by atoms with Crippen molar-refractivity contribution in [2.75, 3.05) is 0 Å². The maximum atomic E-state index is 11.9. The van der Waals surface area contributed by atoms with Crippen molar-refractivity contribution < 1.29 is 8.42 Å². The standard InChI is InChI=1S/C10H9ClN2O2S2/c11-10-9(2-1-4-12-10)17(14,15)13-6-8-3-5-16-7-8/h1-5,7,13H,6H2. The van der Waals surface area contributed by atoms with Gasteiger partial charge in [-0.3, -0.25) is 0 Å². The van der Waals surface area contributed by atoms with Crippen molar-refractivity contribution in [3.05, 3.63) is 45.9 Å². The zero-order chi connectivity index (χ0) is 12.3. The fourth-order valence-corrected chi connectivity index (χ4v) is 3.36. The summed E-state index contributed by atoms with van der Waals surface area (Å²) in [6, 6.07) is 4.81. The maximum absolute atomic E-state index is 11.9. The van der Waals surface area contributed by atoms with Gasteiger partial charge in [0.05, 0.1) is 0 Å². The van der Waals surface area contributed by atoms with Gasteiger partial charge in [-0.05, 0) is 34.5 Å². The summed E-state index contributed by atoms with van der Waals surface area (Å²) < 4.78 is 26.3. The van der Waals surface area contributed by atoms with Crippen LogP contribution in [0.15, 0.2) is 40.1 Å². The highest BCUT2D eigenvalue weighted by molar-refractivity contribution is 7.89. The summed E-state index contributed by atoms with van der Waals surface area (Å²) in [6.45, 7) is 0.247. The van der Waals surface area contributed by atoms with E-state index in [2.05, 4.69) is 9.71 Å².